The van der Waals surface area contributed by atoms with Gasteiger partial charge in [0.25, 0.3) is 5.91 Å². The van der Waals surface area contributed by atoms with Crippen LogP contribution in [0.3, 0.4) is 0 Å². The Balaban J connectivity index is 1.38. The highest BCUT2D eigenvalue weighted by atomic mass is 16.5. The van der Waals surface area contributed by atoms with Crippen LogP contribution in [-0.2, 0) is 22.4 Å². The molecule has 3 N–H and O–H groups in total. The van der Waals surface area contributed by atoms with Crippen molar-refractivity contribution in [1.29, 1.82) is 0 Å². The molecule has 0 spiro atoms. The van der Waals surface area contributed by atoms with Crippen molar-refractivity contribution < 1.29 is 24.3 Å². The van der Waals surface area contributed by atoms with Gasteiger partial charge in [0.2, 0.25) is 5.91 Å². The van der Waals surface area contributed by atoms with Crippen LogP contribution < -0.4 is 15.5 Å². The number of hydrogen-bond donors (Lipinski definition) is 3. The Labute approximate surface area is 270 Å². The highest BCUT2D eigenvalue weighted by Crippen LogP contribution is 2.23. The number of rotatable bonds is 17. The first kappa shape index (κ1) is 33.7. The van der Waals surface area contributed by atoms with E-state index >= 15 is 0 Å². The molecule has 240 valence electrons. The minimum Gasteiger partial charge on any atom is -0.457 e. The SMILES string of the molecule is O=C(CN(CCCCc1ccccc1)C(=O)CN(CCCCc1ccccc1)C(=O)Nc1ccc(Oc2ccccc2)cc1)NO. The van der Waals surface area contributed by atoms with Crippen molar-refractivity contribution in [3.05, 3.63) is 126 Å². The molecule has 4 rings (SSSR count). The maximum atomic E-state index is 13.5. The fourth-order valence-electron chi connectivity index (χ4n) is 5.00. The van der Waals surface area contributed by atoms with Crippen molar-refractivity contribution >= 4 is 23.5 Å². The Morgan fingerprint density at radius 1 is 0.587 bits per heavy atom. The van der Waals surface area contributed by atoms with Gasteiger partial charge in [0.15, 0.2) is 0 Å². The van der Waals surface area contributed by atoms with Gasteiger partial charge in [0.05, 0.1) is 0 Å². The lowest BCUT2D eigenvalue weighted by Gasteiger charge is -2.27. The molecule has 0 atom stereocenters. The van der Waals surface area contributed by atoms with Gasteiger partial charge >= 0.3 is 6.03 Å². The van der Waals surface area contributed by atoms with E-state index in [1.54, 1.807) is 29.7 Å². The van der Waals surface area contributed by atoms with E-state index in [4.69, 9.17) is 9.94 Å². The lowest BCUT2D eigenvalue weighted by atomic mass is 10.1. The number of urea groups is 1. The van der Waals surface area contributed by atoms with Crippen LogP contribution in [-0.4, -0.2) is 59.0 Å². The van der Waals surface area contributed by atoms with Gasteiger partial charge in [-0.2, -0.15) is 0 Å². The molecule has 4 aromatic rings. The van der Waals surface area contributed by atoms with Gasteiger partial charge < -0.3 is 19.9 Å². The molecule has 0 unspecified atom stereocenters. The molecule has 0 fully saturated rings. The summed E-state index contributed by atoms with van der Waals surface area (Å²) in [5, 5.41) is 12.0. The number of carbonyl (C=O) groups excluding carboxylic acids is 3. The van der Waals surface area contributed by atoms with Crippen LogP contribution in [0.5, 0.6) is 11.5 Å². The minimum absolute atomic E-state index is 0.205. The monoisotopic (exact) mass is 622 g/mol. The largest absolute Gasteiger partial charge is 0.457 e. The maximum absolute atomic E-state index is 13.5. The predicted molar refractivity (Wildman–Crippen MR) is 179 cm³/mol. The minimum atomic E-state index is -0.687. The average molecular weight is 623 g/mol. The second kappa shape index (κ2) is 18.6. The van der Waals surface area contributed by atoms with Crippen LogP contribution in [0, 0.1) is 0 Å². The fourth-order valence-corrected chi connectivity index (χ4v) is 5.00. The molecule has 46 heavy (non-hydrogen) atoms. The van der Waals surface area contributed by atoms with E-state index in [9.17, 15) is 14.4 Å². The fraction of sp³-hybridized carbons (Fsp3) is 0.270. The van der Waals surface area contributed by atoms with Crippen molar-refractivity contribution in [2.24, 2.45) is 0 Å². The maximum Gasteiger partial charge on any atom is 0.322 e. The smallest absolute Gasteiger partial charge is 0.322 e. The van der Waals surface area contributed by atoms with E-state index in [1.165, 1.54) is 20.9 Å². The first-order chi connectivity index (χ1) is 22.5. The number of carbonyl (C=O) groups is 3. The first-order valence-electron chi connectivity index (χ1n) is 15.7. The summed E-state index contributed by atoms with van der Waals surface area (Å²) in [5.74, 6) is 0.280. The molecule has 9 heteroatoms. The molecule has 0 saturated heterocycles. The van der Waals surface area contributed by atoms with Crippen molar-refractivity contribution in [2.75, 3.05) is 31.5 Å². The van der Waals surface area contributed by atoms with E-state index in [0.29, 0.717) is 43.1 Å². The van der Waals surface area contributed by atoms with Gasteiger partial charge in [-0.25, -0.2) is 10.3 Å². The molecule has 0 aliphatic heterocycles. The second-order valence-electron chi connectivity index (χ2n) is 11.0. The predicted octanol–water partition coefficient (Wildman–Crippen LogP) is 6.69. The van der Waals surface area contributed by atoms with Gasteiger partial charge in [-0.1, -0.05) is 78.9 Å². The summed E-state index contributed by atoms with van der Waals surface area (Å²) in [7, 11) is 0. The number of hydrogen-bond acceptors (Lipinski definition) is 5. The molecule has 9 nitrogen and oxygen atoms in total. The summed E-state index contributed by atoms with van der Waals surface area (Å²) in [6, 6.07) is 36.2. The lowest BCUT2D eigenvalue weighted by molar-refractivity contribution is -0.139. The molecule has 0 radical (unpaired) electrons. The Hall–Kier alpha value is -5.15. The van der Waals surface area contributed by atoms with Crippen LogP contribution in [0.25, 0.3) is 0 Å². The van der Waals surface area contributed by atoms with Crippen LogP contribution in [0.1, 0.15) is 36.8 Å². The molecule has 4 aromatic carbocycles. The third-order valence-electron chi connectivity index (χ3n) is 7.48. The standard InChI is InChI=1S/C37H42N4O5/c42-35(39-45)28-40(26-12-10-18-30-14-4-1-5-15-30)36(43)29-41(27-13-11-19-31-16-6-2-7-17-31)37(44)38-32-22-24-34(25-23-32)46-33-20-8-3-9-21-33/h1-9,14-17,20-25,45H,10-13,18-19,26-29H2,(H,38,44)(H,39,42). The summed E-state index contributed by atoms with van der Waals surface area (Å²) in [5.41, 5.74) is 4.59. The van der Waals surface area contributed by atoms with Gasteiger partial charge in [0, 0.05) is 18.8 Å². The Bertz CT molecular complexity index is 1480. The van der Waals surface area contributed by atoms with E-state index in [2.05, 4.69) is 29.6 Å². The molecule has 0 aliphatic rings. The van der Waals surface area contributed by atoms with E-state index in [-0.39, 0.29) is 19.0 Å². The number of nitrogens with one attached hydrogen (secondary N) is 2. The van der Waals surface area contributed by atoms with Gasteiger partial charge in [-0.05, 0) is 86.1 Å². The van der Waals surface area contributed by atoms with E-state index in [0.717, 1.165) is 25.7 Å². The highest BCUT2D eigenvalue weighted by Gasteiger charge is 2.23. The zero-order valence-electron chi connectivity index (χ0n) is 26.0. The summed E-state index contributed by atoms with van der Waals surface area (Å²) >= 11 is 0. The number of aryl methyl sites for hydroxylation is 2. The third kappa shape index (κ3) is 11.7. The zero-order valence-corrected chi connectivity index (χ0v) is 26.0. The number of nitrogens with zero attached hydrogens (tertiary/aromatic N) is 2. The van der Waals surface area contributed by atoms with Crippen molar-refractivity contribution in [3.63, 3.8) is 0 Å². The number of ether oxygens (including phenoxy) is 1. The summed E-state index contributed by atoms with van der Waals surface area (Å²) in [6.07, 6.45) is 4.72. The topological polar surface area (TPSA) is 111 Å². The Morgan fingerprint density at radius 2 is 1.09 bits per heavy atom. The van der Waals surface area contributed by atoms with Crippen LogP contribution in [0.4, 0.5) is 10.5 Å². The average Bonchev–Trinajstić information content (AvgIpc) is 3.09. The highest BCUT2D eigenvalue weighted by molar-refractivity contribution is 5.93. The quantitative estimate of drug-likeness (QED) is 0.0690. The van der Waals surface area contributed by atoms with Crippen molar-refractivity contribution in [3.8, 4) is 11.5 Å². The summed E-state index contributed by atoms with van der Waals surface area (Å²) in [6.45, 7) is 0.176. The molecule has 0 heterocycles. The Morgan fingerprint density at radius 3 is 1.63 bits per heavy atom. The normalized spacial score (nSPS) is 10.5. The molecule has 4 amide bonds. The van der Waals surface area contributed by atoms with Crippen molar-refractivity contribution in [2.45, 2.75) is 38.5 Å². The second-order valence-corrected chi connectivity index (χ2v) is 11.0. The number of para-hydroxylation sites is 1. The Kier molecular flexibility index (Phi) is 13.6. The number of anilines is 1. The number of unbranched alkanes of at least 4 members (excludes halogenated alkanes) is 2. The summed E-state index contributed by atoms with van der Waals surface area (Å²) in [4.78, 5) is 42.0. The molecule has 0 bridgehead atoms. The number of hydroxylamine groups is 1. The zero-order chi connectivity index (χ0) is 32.4. The lowest BCUT2D eigenvalue weighted by Crippen LogP contribution is -2.47. The number of amides is 4. The molecule has 0 saturated carbocycles. The first-order valence-corrected chi connectivity index (χ1v) is 15.7. The van der Waals surface area contributed by atoms with Crippen LogP contribution >= 0.6 is 0 Å². The molecular weight excluding hydrogens is 580 g/mol. The van der Waals surface area contributed by atoms with Crippen molar-refractivity contribution in [1.82, 2.24) is 15.3 Å². The van der Waals surface area contributed by atoms with E-state index in [1.807, 2.05) is 66.7 Å². The van der Waals surface area contributed by atoms with Gasteiger partial charge in [-0.15, -0.1) is 0 Å². The number of benzene rings is 4. The van der Waals surface area contributed by atoms with Gasteiger partial charge in [-0.3, -0.25) is 14.8 Å². The van der Waals surface area contributed by atoms with Crippen LogP contribution in [0.15, 0.2) is 115 Å². The molecule has 0 aliphatic carbocycles. The van der Waals surface area contributed by atoms with Gasteiger partial charge in [0.1, 0.15) is 24.6 Å². The molecule has 0 aromatic heterocycles. The third-order valence-corrected chi connectivity index (χ3v) is 7.48. The van der Waals surface area contributed by atoms with E-state index < -0.39 is 11.9 Å². The summed E-state index contributed by atoms with van der Waals surface area (Å²) < 4.78 is 5.85. The molecular formula is C37H42N4O5. The van der Waals surface area contributed by atoms with Crippen LogP contribution in [0.2, 0.25) is 0 Å².